The number of hydrogen-bond donors (Lipinski definition) is 1. The average Bonchev–Trinajstić information content (AvgIpc) is 3.08. The third-order valence-electron chi connectivity index (χ3n) is 3.74. The Bertz CT molecular complexity index is 779. The molecule has 0 aliphatic carbocycles. The number of hydrogen-bond acceptors (Lipinski definition) is 3. The molecule has 0 saturated carbocycles. The quantitative estimate of drug-likeness (QED) is 0.741. The van der Waals surface area contributed by atoms with E-state index in [-0.39, 0.29) is 6.04 Å². The van der Waals surface area contributed by atoms with Gasteiger partial charge in [-0.3, -0.25) is 4.57 Å². The van der Waals surface area contributed by atoms with E-state index >= 15 is 0 Å². The third kappa shape index (κ3) is 2.76. The first-order chi connectivity index (χ1) is 10.6. The maximum absolute atomic E-state index is 13.4. The van der Waals surface area contributed by atoms with Gasteiger partial charge in [0.1, 0.15) is 5.82 Å². The topological polar surface area (TPSA) is 29.9 Å². The molecule has 0 amide bonds. The fraction of sp³-hybridized carbons (Fsp3) is 0.312. The van der Waals surface area contributed by atoms with Crippen molar-refractivity contribution >= 4 is 22.4 Å². The van der Waals surface area contributed by atoms with Gasteiger partial charge in [-0.1, -0.05) is 12.1 Å². The molecule has 0 spiro atoms. The van der Waals surface area contributed by atoms with E-state index < -0.39 is 6.55 Å². The van der Waals surface area contributed by atoms with Crippen LogP contribution in [-0.2, 0) is 6.54 Å². The molecular formula is C16H17F2N3S. The standard InChI is InChI=1S/C16H17F2N3S/c1-10-7-8-22-14(10)9-19-11(2)15-20-12-5-3-4-6-13(12)21(15)16(17)18/h3-8,11,16,19H,9H2,1-2H3/t11-/m1/s1. The van der Waals surface area contributed by atoms with Crippen molar-refractivity contribution < 1.29 is 8.78 Å². The second-order valence-electron chi connectivity index (χ2n) is 5.24. The Morgan fingerprint density at radius 3 is 2.73 bits per heavy atom. The zero-order valence-electron chi connectivity index (χ0n) is 12.4. The minimum atomic E-state index is -2.60. The first-order valence-corrected chi connectivity index (χ1v) is 7.97. The molecule has 0 unspecified atom stereocenters. The highest BCUT2D eigenvalue weighted by molar-refractivity contribution is 7.10. The van der Waals surface area contributed by atoms with E-state index in [0.29, 0.717) is 23.4 Å². The maximum Gasteiger partial charge on any atom is 0.320 e. The van der Waals surface area contributed by atoms with Crippen LogP contribution in [0.5, 0.6) is 0 Å². The molecule has 2 aromatic heterocycles. The Morgan fingerprint density at radius 1 is 1.27 bits per heavy atom. The second kappa shape index (κ2) is 6.14. The van der Waals surface area contributed by atoms with Crippen LogP contribution in [0.2, 0.25) is 0 Å². The largest absolute Gasteiger partial charge is 0.320 e. The van der Waals surface area contributed by atoms with Gasteiger partial charge in [0.2, 0.25) is 0 Å². The molecule has 2 heterocycles. The summed E-state index contributed by atoms with van der Waals surface area (Å²) in [6.45, 7) is 1.96. The van der Waals surface area contributed by atoms with Crippen LogP contribution in [0, 0.1) is 6.92 Å². The lowest BCUT2D eigenvalue weighted by Crippen LogP contribution is -2.22. The Kier molecular flexibility index (Phi) is 4.22. The van der Waals surface area contributed by atoms with Gasteiger partial charge in [0.05, 0.1) is 17.1 Å². The second-order valence-corrected chi connectivity index (χ2v) is 6.24. The summed E-state index contributed by atoms with van der Waals surface area (Å²) in [6, 6.07) is 8.78. The minimum Gasteiger partial charge on any atom is -0.303 e. The number of halogens is 2. The predicted molar refractivity (Wildman–Crippen MR) is 85.3 cm³/mol. The summed E-state index contributed by atoms with van der Waals surface area (Å²) in [4.78, 5) is 5.59. The van der Waals surface area contributed by atoms with E-state index in [1.807, 2.05) is 25.3 Å². The highest BCUT2D eigenvalue weighted by atomic mass is 32.1. The van der Waals surface area contributed by atoms with Crippen LogP contribution in [0.15, 0.2) is 35.7 Å². The maximum atomic E-state index is 13.4. The van der Waals surface area contributed by atoms with Gasteiger partial charge in [-0.05, 0) is 43.0 Å². The van der Waals surface area contributed by atoms with E-state index in [2.05, 4.69) is 16.4 Å². The molecule has 3 rings (SSSR count). The zero-order chi connectivity index (χ0) is 15.7. The smallest absolute Gasteiger partial charge is 0.303 e. The zero-order valence-corrected chi connectivity index (χ0v) is 13.2. The van der Waals surface area contributed by atoms with Crippen molar-refractivity contribution in [1.82, 2.24) is 14.9 Å². The predicted octanol–water partition coefficient (Wildman–Crippen LogP) is 4.65. The number of fused-ring (bicyclic) bond motifs is 1. The van der Waals surface area contributed by atoms with Gasteiger partial charge in [0.15, 0.2) is 0 Å². The van der Waals surface area contributed by atoms with Gasteiger partial charge >= 0.3 is 6.55 Å². The molecule has 3 aromatic rings. The summed E-state index contributed by atoms with van der Waals surface area (Å²) >= 11 is 1.66. The number of aryl methyl sites for hydroxylation is 1. The monoisotopic (exact) mass is 321 g/mol. The number of para-hydroxylation sites is 2. The van der Waals surface area contributed by atoms with Gasteiger partial charge in [-0.2, -0.15) is 8.78 Å². The van der Waals surface area contributed by atoms with Crippen LogP contribution in [0.1, 0.15) is 35.8 Å². The number of aromatic nitrogens is 2. The molecule has 3 nitrogen and oxygen atoms in total. The molecule has 1 aromatic carbocycles. The normalized spacial score (nSPS) is 13.1. The van der Waals surface area contributed by atoms with E-state index in [0.717, 1.165) is 4.57 Å². The summed E-state index contributed by atoms with van der Waals surface area (Å²) in [5.74, 6) is 0.366. The van der Waals surface area contributed by atoms with Crippen molar-refractivity contribution in [1.29, 1.82) is 0 Å². The van der Waals surface area contributed by atoms with E-state index in [1.54, 1.807) is 29.5 Å². The summed E-state index contributed by atoms with van der Waals surface area (Å²) in [5, 5.41) is 5.33. The van der Waals surface area contributed by atoms with Gasteiger partial charge in [-0.15, -0.1) is 11.3 Å². The summed E-state index contributed by atoms with van der Waals surface area (Å²) in [7, 11) is 0. The lowest BCUT2D eigenvalue weighted by molar-refractivity contribution is 0.0698. The Morgan fingerprint density at radius 2 is 2.05 bits per heavy atom. The summed E-state index contributed by atoms with van der Waals surface area (Å²) in [6.07, 6.45) is 0. The average molecular weight is 321 g/mol. The SMILES string of the molecule is Cc1ccsc1CN[C@H](C)c1nc2ccccc2n1C(F)F. The van der Waals surface area contributed by atoms with Crippen molar-refractivity contribution in [2.75, 3.05) is 0 Å². The van der Waals surface area contributed by atoms with Crippen LogP contribution in [-0.4, -0.2) is 9.55 Å². The molecule has 0 fully saturated rings. The molecule has 0 radical (unpaired) electrons. The molecule has 1 N–H and O–H groups in total. The lowest BCUT2D eigenvalue weighted by atomic mass is 10.2. The number of thiophene rings is 1. The first-order valence-electron chi connectivity index (χ1n) is 7.09. The number of nitrogens with zero attached hydrogens (tertiary/aromatic N) is 2. The molecule has 0 bridgehead atoms. The number of imidazole rings is 1. The molecule has 0 aliphatic rings. The molecule has 0 saturated heterocycles. The van der Waals surface area contributed by atoms with E-state index in [9.17, 15) is 8.78 Å². The van der Waals surface area contributed by atoms with Crippen LogP contribution < -0.4 is 5.32 Å². The van der Waals surface area contributed by atoms with Crippen LogP contribution in [0.25, 0.3) is 11.0 Å². The van der Waals surface area contributed by atoms with Crippen molar-refractivity contribution in [3.8, 4) is 0 Å². The Balaban J connectivity index is 1.88. The van der Waals surface area contributed by atoms with Crippen molar-refractivity contribution in [3.63, 3.8) is 0 Å². The summed E-state index contributed by atoms with van der Waals surface area (Å²) in [5.41, 5.74) is 2.28. The van der Waals surface area contributed by atoms with Crippen LogP contribution >= 0.6 is 11.3 Å². The van der Waals surface area contributed by atoms with Gasteiger partial charge < -0.3 is 5.32 Å². The van der Waals surface area contributed by atoms with Crippen LogP contribution in [0.3, 0.4) is 0 Å². The van der Waals surface area contributed by atoms with Crippen molar-refractivity contribution in [2.45, 2.75) is 33.0 Å². The van der Waals surface area contributed by atoms with Gasteiger partial charge in [-0.25, -0.2) is 4.98 Å². The van der Waals surface area contributed by atoms with E-state index in [4.69, 9.17) is 0 Å². The third-order valence-corrected chi connectivity index (χ3v) is 4.77. The van der Waals surface area contributed by atoms with Crippen molar-refractivity contribution in [3.05, 3.63) is 52.0 Å². The molecule has 0 aliphatic heterocycles. The number of alkyl halides is 2. The summed E-state index contributed by atoms with van der Waals surface area (Å²) < 4.78 is 27.9. The molecule has 116 valence electrons. The molecule has 1 atom stereocenters. The van der Waals surface area contributed by atoms with Gasteiger partial charge in [0.25, 0.3) is 0 Å². The number of rotatable bonds is 5. The van der Waals surface area contributed by atoms with E-state index in [1.165, 1.54) is 10.4 Å². The molecule has 22 heavy (non-hydrogen) atoms. The van der Waals surface area contributed by atoms with Crippen molar-refractivity contribution in [2.24, 2.45) is 0 Å². The minimum absolute atomic E-state index is 0.261. The Labute approximate surface area is 131 Å². The molecular weight excluding hydrogens is 304 g/mol. The number of benzene rings is 1. The fourth-order valence-electron chi connectivity index (χ4n) is 2.50. The first kappa shape index (κ1) is 15.1. The Hall–Kier alpha value is -1.79. The highest BCUT2D eigenvalue weighted by Crippen LogP contribution is 2.27. The number of nitrogens with one attached hydrogen (secondary N) is 1. The highest BCUT2D eigenvalue weighted by Gasteiger charge is 2.21. The molecule has 6 heteroatoms. The lowest BCUT2D eigenvalue weighted by Gasteiger charge is -2.15. The van der Waals surface area contributed by atoms with Crippen LogP contribution in [0.4, 0.5) is 8.78 Å². The van der Waals surface area contributed by atoms with Gasteiger partial charge in [0, 0.05) is 11.4 Å². The fourth-order valence-corrected chi connectivity index (χ4v) is 3.35.